The summed E-state index contributed by atoms with van der Waals surface area (Å²) < 4.78 is 12.1. The number of carbonyl (C=O) groups is 1. The van der Waals surface area contributed by atoms with Gasteiger partial charge in [-0.05, 0) is 29.8 Å². The number of carbonyl (C=O) groups excluding carboxylic acids is 1. The zero-order valence-corrected chi connectivity index (χ0v) is 17.0. The molecule has 0 unspecified atom stereocenters. The highest BCUT2D eigenvalue weighted by atomic mass is 16.5. The molecule has 30 heavy (non-hydrogen) atoms. The molecule has 0 saturated carbocycles. The average molecular weight is 408 g/mol. The highest BCUT2D eigenvalue weighted by Gasteiger charge is 2.26. The number of benzene rings is 2. The minimum Gasteiger partial charge on any atom is -0.493 e. The topological polar surface area (TPSA) is 88.6 Å². The monoisotopic (exact) mass is 408 g/mol. The zero-order valence-electron chi connectivity index (χ0n) is 17.0. The molecule has 2 aromatic carbocycles. The molecule has 1 aliphatic heterocycles. The summed E-state index contributed by atoms with van der Waals surface area (Å²) in [5, 5.41) is 6.10. The second-order valence-corrected chi connectivity index (χ2v) is 7.06. The minimum absolute atomic E-state index is 0.117. The number of H-pyrrole nitrogens is 1. The van der Waals surface area contributed by atoms with Gasteiger partial charge in [-0.2, -0.15) is 0 Å². The molecular weight excluding hydrogens is 384 g/mol. The average Bonchev–Trinajstić information content (AvgIpc) is 3.13. The lowest BCUT2D eigenvalue weighted by Crippen LogP contribution is -2.43. The van der Waals surface area contributed by atoms with Crippen molar-refractivity contribution < 1.29 is 14.3 Å². The smallest absolute Gasteiger partial charge is 0.317 e. The first kappa shape index (κ1) is 19.6. The molecule has 0 atom stereocenters. The largest absolute Gasteiger partial charge is 0.493 e. The van der Waals surface area contributed by atoms with Crippen LogP contribution in [-0.4, -0.2) is 41.5 Å². The van der Waals surface area contributed by atoms with Crippen molar-refractivity contribution in [1.82, 2.24) is 20.0 Å². The maximum Gasteiger partial charge on any atom is 0.317 e. The van der Waals surface area contributed by atoms with Crippen LogP contribution >= 0.6 is 0 Å². The number of aromatic nitrogens is 2. The van der Waals surface area contributed by atoms with E-state index in [0.29, 0.717) is 36.6 Å². The van der Waals surface area contributed by atoms with Crippen LogP contribution in [0.3, 0.4) is 0 Å². The van der Waals surface area contributed by atoms with Crippen LogP contribution in [0.1, 0.15) is 16.8 Å². The highest BCUT2D eigenvalue weighted by Crippen LogP contribution is 2.27. The van der Waals surface area contributed by atoms with Crippen molar-refractivity contribution in [3.63, 3.8) is 0 Å². The Morgan fingerprint density at radius 2 is 1.87 bits per heavy atom. The summed E-state index contributed by atoms with van der Waals surface area (Å²) in [7, 11) is 3.15. The molecule has 0 radical (unpaired) electrons. The van der Waals surface area contributed by atoms with E-state index < -0.39 is 0 Å². The number of nitrogens with one attached hydrogen (secondary N) is 2. The van der Waals surface area contributed by atoms with Gasteiger partial charge in [-0.1, -0.05) is 24.3 Å². The van der Waals surface area contributed by atoms with E-state index in [1.807, 2.05) is 42.5 Å². The van der Waals surface area contributed by atoms with Crippen LogP contribution in [0.4, 0.5) is 4.79 Å². The number of para-hydroxylation sites is 1. The third-order valence-corrected chi connectivity index (χ3v) is 5.25. The van der Waals surface area contributed by atoms with Gasteiger partial charge in [0.2, 0.25) is 0 Å². The van der Waals surface area contributed by atoms with Crippen LogP contribution in [0.15, 0.2) is 53.3 Å². The quantitative estimate of drug-likeness (QED) is 0.679. The van der Waals surface area contributed by atoms with Gasteiger partial charge in [0, 0.05) is 25.2 Å². The van der Waals surface area contributed by atoms with E-state index >= 15 is 0 Å². The first-order valence-electron chi connectivity index (χ1n) is 9.72. The van der Waals surface area contributed by atoms with Crippen molar-refractivity contribution >= 4 is 6.03 Å². The molecule has 3 aromatic rings. The van der Waals surface area contributed by atoms with Gasteiger partial charge >= 0.3 is 6.03 Å². The lowest BCUT2D eigenvalue weighted by molar-refractivity contribution is 0.191. The second kappa shape index (κ2) is 8.36. The number of ether oxygens (including phenoxy) is 2. The summed E-state index contributed by atoms with van der Waals surface area (Å²) in [6, 6.07) is 14.7. The van der Waals surface area contributed by atoms with Crippen LogP contribution < -0.4 is 20.3 Å². The molecule has 0 saturated heterocycles. The van der Waals surface area contributed by atoms with Gasteiger partial charge in [-0.3, -0.25) is 9.89 Å². The summed E-state index contributed by atoms with van der Waals surface area (Å²) in [5.41, 5.74) is 3.07. The lowest BCUT2D eigenvalue weighted by atomic mass is 10.1. The molecule has 156 valence electrons. The normalized spacial score (nSPS) is 12.9. The number of methoxy groups -OCH3 is 2. The predicted octanol–water partition coefficient (Wildman–Crippen LogP) is 2.45. The number of fused-ring (bicyclic) bond motifs is 1. The van der Waals surface area contributed by atoms with Crippen molar-refractivity contribution in [3.8, 4) is 17.2 Å². The van der Waals surface area contributed by atoms with E-state index in [-0.39, 0.29) is 18.1 Å². The number of rotatable bonds is 5. The number of urea groups is 1. The van der Waals surface area contributed by atoms with Gasteiger partial charge in [-0.25, -0.2) is 9.48 Å². The molecule has 0 aliphatic carbocycles. The Morgan fingerprint density at radius 1 is 1.10 bits per heavy atom. The first-order valence-corrected chi connectivity index (χ1v) is 9.72. The van der Waals surface area contributed by atoms with Crippen molar-refractivity contribution in [2.75, 3.05) is 20.8 Å². The van der Waals surface area contributed by atoms with Crippen LogP contribution in [0.25, 0.3) is 5.69 Å². The number of nitrogens with zero attached hydrogens (tertiary/aromatic N) is 2. The van der Waals surface area contributed by atoms with Gasteiger partial charge in [0.1, 0.15) is 0 Å². The molecule has 2 heterocycles. The van der Waals surface area contributed by atoms with Crippen molar-refractivity contribution in [1.29, 1.82) is 0 Å². The van der Waals surface area contributed by atoms with E-state index in [1.54, 1.807) is 25.2 Å². The SMILES string of the molecule is COc1ccc(CNC(=O)N2CCc3[nH]n(-c4ccccc4)c(=O)c3C2)cc1OC. The molecular formula is C22H24N4O4. The van der Waals surface area contributed by atoms with Crippen LogP contribution in [0, 0.1) is 0 Å². The van der Waals surface area contributed by atoms with Gasteiger partial charge in [0.05, 0.1) is 32.0 Å². The Labute approximate surface area is 174 Å². The van der Waals surface area contributed by atoms with E-state index in [4.69, 9.17) is 9.47 Å². The summed E-state index contributed by atoms with van der Waals surface area (Å²) in [4.78, 5) is 27.2. The second-order valence-electron chi connectivity index (χ2n) is 7.06. The number of hydrogen-bond acceptors (Lipinski definition) is 4. The fourth-order valence-corrected chi connectivity index (χ4v) is 3.62. The van der Waals surface area contributed by atoms with Crippen molar-refractivity contribution in [2.24, 2.45) is 0 Å². The molecule has 2 N–H and O–H groups in total. The lowest BCUT2D eigenvalue weighted by Gasteiger charge is -2.26. The van der Waals surface area contributed by atoms with Crippen LogP contribution in [-0.2, 0) is 19.5 Å². The molecule has 1 aliphatic rings. The van der Waals surface area contributed by atoms with Crippen molar-refractivity contribution in [3.05, 3.63) is 75.7 Å². The van der Waals surface area contributed by atoms with E-state index in [9.17, 15) is 9.59 Å². The van der Waals surface area contributed by atoms with Gasteiger partial charge in [-0.15, -0.1) is 0 Å². The Balaban J connectivity index is 1.44. The summed E-state index contributed by atoms with van der Waals surface area (Å²) >= 11 is 0. The molecule has 0 fully saturated rings. The van der Waals surface area contributed by atoms with Crippen LogP contribution in [0.5, 0.6) is 11.5 Å². The predicted molar refractivity (Wildman–Crippen MR) is 112 cm³/mol. The zero-order chi connectivity index (χ0) is 21.1. The third-order valence-electron chi connectivity index (χ3n) is 5.25. The van der Waals surface area contributed by atoms with Crippen LogP contribution in [0.2, 0.25) is 0 Å². The minimum atomic E-state index is -0.206. The van der Waals surface area contributed by atoms with E-state index in [0.717, 1.165) is 16.9 Å². The Morgan fingerprint density at radius 3 is 2.60 bits per heavy atom. The number of amides is 2. The van der Waals surface area contributed by atoms with E-state index in [1.165, 1.54) is 4.68 Å². The first-order chi connectivity index (χ1) is 14.6. The van der Waals surface area contributed by atoms with Crippen molar-refractivity contribution in [2.45, 2.75) is 19.5 Å². The molecule has 1 aromatic heterocycles. The summed E-state index contributed by atoms with van der Waals surface area (Å²) in [6.45, 7) is 1.17. The maximum absolute atomic E-state index is 12.8. The standard InChI is InChI=1S/C22H24N4O4/c1-29-19-9-8-15(12-20(19)30-2)13-23-22(28)25-11-10-18-17(14-25)21(27)26(24-18)16-6-4-3-5-7-16/h3-9,12,24H,10-11,13-14H2,1-2H3,(H,23,28). The fourth-order valence-electron chi connectivity index (χ4n) is 3.62. The van der Waals surface area contributed by atoms with Gasteiger partial charge in [0.25, 0.3) is 5.56 Å². The fraction of sp³-hybridized carbons (Fsp3) is 0.273. The number of aromatic amines is 1. The highest BCUT2D eigenvalue weighted by molar-refractivity contribution is 5.74. The molecule has 4 rings (SSSR count). The Bertz CT molecular complexity index is 1100. The number of hydrogen-bond donors (Lipinski definition) is 2. The van der Waals surface area contributed by atoms with E-state index in [2.05, 4.69) is 10.4 Å². The molecule has 0 bridgehead atoms. The molecule has 8 heteroatoms. The van der Waals surface area contributed by atoms with Gasteiger partial charge < -0.3 is 19.7 Å². The third kappa shape index (κ3) is 3.76. The van der Waals surface area contributed by atoms with Gasteiger partial charge in [0.15, 0.2) is 11.5 Å². The Kier molecular flexibility index (Phi) is 5.47. The molecule has 2 amide bonds. The Hall–Kier alpha value is -3.68. The maximum atomic E-state index is 12.8. The summed E-state index contributed by atoms with van der Waals surface area (Å²) in [5.74, 6) is 1.25. The molecule has 8 nitrogen and oxygen atoms in total. The molecule has 0 spiro atoms. The summed E-state index contributed by atoms with van der Waals surface area (Å²) in [6.07, 6.45) is 0.605.